The zero-order chi connectivity index (χ0) is 19.1. The third-order valence-electron chi connectivity index (χ3n) is 5.35. The van der Waals surface area contributed by atoms with Gasteiger partial charge in [-0.3, -0.25) is 4.79 Å². The summed E-state index contributed by atoms with van der Waals surface area (Å²) in [5, 5.41) is 2.91. The third kappa shape index (κ3) is 6.30. The Morgan fingerprint density at radius 2 is 1.78 bits per heavy atom. The maximum atomic E-state index is 12.5. The predicted octanol–water partition coefficient (Wildman–Crippen LogP) is 2.53. The molecule has 0 unspecified atom stereocenters. The Balaban J connectivity index is 1.45. The van der Waals surface area contributed by atoms with Crippen LogP contribution in [-0.4, -0.2) is 39.6 Å². The summed E-state index contributed by atoms with van der Waals surface area (Å²) in [6.07, 6.45) is 8.38. The Bertz CT molecular complexity index is 706. The van der Waals surface area contributed by atoms with E-state index in [9.17, 15) is 13.2 Å². The summed E-state index contributed by atoms with van der Waals surface area (Å²) in [7, 11) is -3.47. The van der Waals surface area contributed by atoms with Crippen molar-refractivity contribution in [3.63, 3.8) is 0 Å². The molecule has 150 valence electrons. The van der Waals surface area contributed by atoms with Crippen molar-refractivity contribution < 1.29 is 17.9 Å². The largest absolute Gasteiger partial charge is 0.376 e. The van der Waals surface area contributed by atoms with Crippen molar-refractivity contribution in [3.8, 4) is 0 Å². The second-order valence-corrected chi connectivity index (χ2v) is 9.25. The van der Waals surface area contributed by atoms with Gasteiger partial charge in [0.25, 0.3) is 0 Å². The molecule has 0 spiro atoms. The third-order valence-corrected chi connectivity index (χ3v) is 6.89. The highest BCUT2D eigenvalue weighted by Crippen LogP contribution is 2.20. The zero-order valence-corrected chi connectivity index (χ0v) is 16.6. The molecule has 2 N–H and O–H groups in total. The number of benzene rings is 1. The van der Waals surface area contributed by atoms with Gasteiger partial charge in [-0.05, 0) is 49.8 Å². The van der Waals surface area contributed by atoms with Crippen LogP contribution in [0.3, 0.4) is 0 Å². The molecule has 0 radical (unpaired) electrons. The van der Waals surface area contributed by atoms with Gasteiger partial charge in [0.1, 0.15) is 0 Å². The number of ether oxygens (including phenoxy) is 1. The number of rotatable bonds is 8. The van der Waals surface area contributed by atoms with Crippen LogP contribution in [0.15, 0.2) is 29.2 Å². The molecule has 7 heteroatoms. The fourth-order valence-corrected chi connectivity index (χ4v) is 5.03. The Morgan fingerprint density at radius 3 is 2.44 bits per heavy atom. The van der Waals surface area contributed by atoms with Gasteiger partial charge in [0.15, 0.2) is 0 Å². The summed E-state index contributed by atoms with van der Waals surface area (Å²) in [4.78, 5) is 12.2. The summed E-state index contributed by atoms with van der Waals surface area (Å²) >= 11 is 0. The SMILES string of the molecule is O=C(CCc1ccc(S(=O)(=O)NC2CCCCC2)cc1)NC[C@@H]1CCCO1. The molecule has 2 aliphatic rings. The van der Waals surface area contributed by atoms with Crippen molar-refractivity contribution in [1.82, 2.24) is 10.0 Å². The number of carbonyl (C=O) groups excluding carboxylic acids is 1. The molecular formula is C20H30N2O4S. The van der Waals surface area contributed by atoms with Crippen LogP contribution in [0.5, 0.6) is 0 Å². The van der Waals surface area contributed by atoms with Gasteiger partial charge in [0.05, 0.1) is 11.0 Å². The van der Waals surface area contributed by atoms with Crippen molar-refractivity contribution >= 4 is 15.9 Å². The fraction of sp³-hybridized carbons (Fsp3) is 0.650. The molecule has 3 rings (SSSR count). The molecule has 0 aromatic heterocycles. The normalized spacial score (nSPS) is 21.3. The van der Waals surface area contributed by atoms with Gasteiger partial charge >= 0.3 is 0 Å². The van der Waals surface area contributed by atoms with E-state index in [1.807, 2.05) is 0 Å². The summed E-state index contributed by atoms with van der Waals surface area (Å²) < 4.78 is 33.3. The Labute approximate surface area is 162 Å². The monoisotopic (exact) mass is 394 g/mol. The maximum Gasteiger partial charge on any atom is 0.240 e. The first-order valence-electron chi connectivity index (χ1n) is 10.0. The summed E-state index contributed by atoms with van der Waals surface area (Å²) in [5.41, 5.74) is 0.957. The van der Waals surface area contributed by atoms with Crippen molar-refractivity contribution in [3.05, 3.63) is 29.8 Å². The molecule has 1 saturated carbocycles. The second kappa shape index (κ2) is 9.66. The van der Waals surface area contributed by atoms with Crippen molar-refractivity contribution in [2.75, 3.05) is 13.2 Å². The van der Waals surface area contributed by atoms with E-state index in [2.05, 4.69) is 10.0 Å². The molecule has 1 saturated heterocycles. The van der Waals surface area contributed by atoms with Crippen LogP contribution in [0.25, 0.3) is 0 Å². The predicted molar refractivity (Wildman–Crippen MR) is 104 cm³/mol. The van der Waals surface area contributed by atoms with Gasteiger partial charge < -0.3 is 10.1 Å². The molecule has 1 heterocycles. The highest BCUT2D eigenvalue weighted by Gasteiger charge is 2.21. The Hall–Kier alpha value is -1.44. The quantitative estimate of drug-likeness (QED) is 0.710. The highest BCUT2D eigenvalue weighted by atomic mass is 32.2. The van der Waals surface area contributed by atoms with Crippen LogP contribution >= 0.6 is 0 Å². The topological polar surface area (TPSA) is 84.5 Å². The maximum absolute atomic E-state index is 12.5. The van der Waals surface area contributed by atoms with Crippen LogP contribution in [0.1, 0.15) is 56.9 Å². The minimum atomic E-state index is -3.47. The van der Waals surface area contributed by atoms with Crippen LogP contribution in [0.4, 0.5) is 0 Å². The van der Waals surface area contributed by atoms with Crippen molar-refractivity contribution in [2.45, 2.75) is 74.8 Å². The fourth-order valence-electron chi connectivity index (χ4n) is 3.72. The number of hydrogen-bond acceptors (Lipinski definition) is 4. The number of aryl methyl sites for hydroxylation is 1. The molecule has 6 nitrogen and oxygen atoms in total. The number of hydrogen-bond donors (Lipinski definition) is 2. The lowest BCUT2D eigenvalue weighted by atomic mass is 9.96. The van der Waals surface area contributed by atoms with E-state index in [1.165, 1.54) is 6.42 Å². The van der Waals surface area contributed by atoms with E-state index in [-0.39, 0.29) is 18.1 Å². The molecule has 1 aromatic rings. The van der Waals surface area contributed by atoms with E-state index < -0.39 is 10.0 Å². The van der Waals surface area contributed by atoms with Crippen LogP contribution in [-0.2, 0) is 26.0 Å². The van der Waals surface area contributed by atoms with E-state index in [1.54, 1.807) is 24.3 Å². The van der Waals surface area contributed by atoms with Gasteiger partial charge in [-0.25, -0.2) is 13.1 Å². The van der Waals surface area contributed by atoms with Gasteiger partial charge in [0.2, 0.25) is 15.9 Å². The first-order chi connectivity index (χ1) is 13.0. The molecule has 1 atom stereocenters. The van der Waals surface area contributed by atoms with E-state index in [0.717, 1.165) is 50.7 Å². The standard InChI is InChI=1S/C20H30N2O4S/c23-20(21-15-18-7-4-14-26-18)13-10-16-8-11-19(12-9-16)27(24,25)22-17-5-2-1-3-6-17/h8-9,11-12,17-18,22H,1-7,10,13-15H2,(H,21,23)/t18-/m0/s1. The van der Waals surface area contributed by atoms with Crippen LogP contribution in [0, 0.1) is 0 Å². The molecule has 1 amide bonds. The first-order valence-corrected chi connectivity index (χ1v) is 11.5. The minimum absolute atomic E-state index is 0.00108. The Morgan fingerprint density at radius 1 is 1.04 bits per heavy atom. The first kappa shape index (κ1) is 20.3. The lowest BCUT2D eigenvalue weighted by Gasteiger charge is -2.22. The lowest BCUT2D eigenvalue weighted by molar-refractivity contribution is -0.121. The van der Waals surface area contributed by atoms with E-state index in [0.29, 0.717) is 24.3 Å². The highest BCUT2D eigenvalue weighted by molar-refractivity contribution is 7.89. The smallest absolute Gasteiger partial charge is 0.240 e. The molecular weight excluding hydrogens is 364 g/mol. The summed E-state index contributed by atoms with van der Waals surface area (Å²) in [6, 6.07) is 6.90. The summed E-state index contributed by atoms with van der Waals surface area (Å²) in [6.45, 7) is 1.36. The molecule has 1 aliphatic carbocycles. The second-order valence-electron chi connectivity index (χ2n) is 7.54. The van der Waals surface area contributed by atoms with Crippen LogP contribution in [0.2, 0.25) is 0 Å². The molecule has 27 heavy (non-hydrogen) atoms. The number of sulfonamides is 1. The number of nitrogens with one attached hydrogen (secondary N) is 2. The number of carbonyl (C=O) groups is 1. The van der Waals surface area contributed by atoms with Gasteiger partial charge in [0, 0.05) is 25.6 Å². The Kier molecular flexibility index (Phi) is 7.26. The van der Waals surface area contributed by atoms with E-state index >= 15 is 0 Å². The van der Waals surface area contributed by atoms with Crippen molar-refractivity contribution in [1.29, 1.82) is 0 Å². The zero-order valence-electron chi connectivity index (χ0n) is 15.8. The molecule has 1 aromatic carbocycles. The van der Waals surface area contributed by atoms with Gasteiger partial charge in [-0.1, -0.05) is 31.4 Å². The van der Waals surface area contributed by atoms with E-state index in [4.69, 9.17) is 4.74 Å². The molecule has 1 aliphatic heterocycles. The average molecular weight is 395 g/mol. The van der Waals surface area contributed by atoms with Crippen molar-refractivity contribution in [2.24, 2.45) is 0 Å². The summed E-state index contributed by atoms with van der Waals surface area (Å²) in [5.74, 6) is 0.00108. The molecule has 2 fully saturated rings. The lowest BCUT2D eigenvalue weighted by Crippen LogP contribution is -2.36. The average Bonchev–Trinajstić information content (AvgIpc) is 3.19. The minimum Gasteiger partial charge on any atom is -0.376 e. The van der Waals surface area contributed by atoms with Gasteiger partial charge in [-0.15, -0.1) is 0 Å². The van der Waals surface area contributed by atoms with Gasteiger partial charge in [-0.2, -0.15) is 0 Å². The molecule has 0 bridgehead atoms. The van der Waals surface area contributed by atoms with Crippen LogP contribution < -0.4 is 10.0 Å². The number of amides is 1.